The zero-order chi connectivity index (χ0) is 33.0. The molecule has 0 heteroatoms. The molecule has 0 amide bonds. The van der Waals surface area contributed by atoms with E-state index in [-0.39, 0.29) is 0 Å². The Bertz CT molecular complexity index is 2890. The smallest absolute Gasteiger partial charge is 0.000763 e. The Balaban J connectivity index is 1.55. The van der Waals surface area contributed by atoms with Gasteiger partial charge in [-0.15, -0.1) is 0 Å². The Kier molecular flexibility index (Phi) is 6.60. The van der Waals surface area contributed by atoms with E-state index in [0.29, 0.717) is 0 Å². The van der Waals surface area contributed by atoms with Crippen LogP contribution in [0.5, 0.6) is 0 Å². The minimum absolute atomic E-state index is 1.20. The standard InChI is InChI=1S/C50H32/c1-3-18-36(19-4-1)46-47(37-20-5-2-6-21-37)50(43-28-14-23-34-16-8-12-26-40(34)43)49(42-27-13-22-33-15-7-11-25-39(33)42)45-32-31-41-38-24-10-9-17-35(38)29-30-44(41)48(45)46/h1-32H. The third-order valence-electron chi connectivity index (χ3n) is 10.4. The van der Waals surface area contributed by atoms with Crippen molar-refractivity contribution in [3.05, 3.63) is 194 Å². The molecule has 0 N–H and O–H groups in total. The van der Waals surface area contributed by atoms with E-state index < -0.39 is 0 Å². The maximum Gasteiger partial charge on any atom is -0.000763 e. The first-order chi connectivity index (χ1) is 24.8. The Hall–Kier alpha value is -6.50. The van der Waals surface area contributed by atoms with Crippen molar-refractivity contribution >= 4 is 53.9 Å². The lowest BCUT2D eigenvalue weighted by Crippen LogP contribution is -1.99. The van der Waals surface area contributed by atoms with E-state index in [1.54, 1.807) is 0 Å². The molecule has 0 heterocycles. The van der Waals surface area contributed by atoms with Crippen molar-refractivity contribution in [2.75, 3.05) is 0 Å². The molecule has 0 spiro atoms. The van der Waals surface area contributed by atoms with E-state index >= 15 is 0 Å². The van der Waals surface area contributed by atoms with Crippen LogP contribution in [0, 0.1) is 0 Å². The van der Waals surface area contributed by atoms with Gasteiger partial charge in [0.15, 0.2) is 0 Å². The van der Waals surface area contributed by atoms with Crippen molar-refractivity contribution in [1.29, 1.82) is 0 Å². The summed E-state index contributed by atoms with van der Waals surface area (Å²) in [4.78, 5) is 0. The first-order valence-corrected chi connectivity index (χ1v) is 17.4. The van der Waals surface area contributed by atoms with Gasteiger partial charge in [0.25, 0.3) is 0 Å². The van der Waals surface area contributed by atoms with Crippen LogP contribution in [0.25, 0.3) is 98.4 Å². The Morgan fingerprint density at radius 1 is 0.200 bits per heavy atom. The molecule has 10 rings (SSSR count). The van der Waals surface area contributed by atoms with E-state index in [0.717, 1.165) is 0 Å². The molecule has 0 unspecified atom stereocenters. The van der Waals surface area contributed by atoms with Crippen molar-refractivity contribution in [3.63, 3.8) is 0 Å². The maximum absolute atomic E-state index is 2.40. The second-order valence-corrected chi connectivity index (χ2v) is 13.2. The summed E-state index contributed by atoms with van der Waals surface area (Å²) in [5.74, 6) is 0. The predicted octanol–water partition coefficient (Wildman–Crippen LogP) is 14.1. The van der Waals surface area contributed by atoms with Gasteiger partial charge >= 0.3 is 0 Å². The van der Waals surface area contributed by atoms with Crippen LogP contribution in [0.4, 0.5) is 0 Å². The van der Waals surface area contributed by atoms with Gasteiger partial charge in [-0.25, -0.2) is 0 Å². The van der Waals surface area contributed by atoms with Gasteiger partial charge in [0.1, 0.15) is 0 Å². The summed E-state index contributed by atoms with van der Waals surface area (Å²) in [5, 5.41) is 12.6. The van der Waals surface area contributed by atoms with Crippen molar-refractivity contribution in [2.24, 2.45) is 0 Å². The summed E-state index contributed by atoms with van der Waals surface area (Å²) in [6.45, 7) is 0. The first-order valence-electron chi connectivity index (χ1n) is 17.4. The third-order valence-corrected chi connectivity index (χ3v) is 10.4. The fourth-order valence-corrected chi connectivity index (χ4v) is 8.30. The molecule has 0 saturated heterocycles. The van der Waals surface area contributed by atoms with Gasteiger partial charge in [0.2, 0.25) is 0 Å². The highest BCUT2D eigenvalue weighted by molar-refractivity contribution is 6.30. The predicted molar refractivity (Wildman–Crippen MR) is 216 cm³/mol. The maximum atomic E-state index is 2.40. The number of hydrogen-bond acceptors (Lipinski definition) is 0. The summed E-state index contributed by atoms with van der Waals surface area (Å²) in [7, 11) is 0. The van der Waals surface area contributed by atoms with Gasteiger partial charge in [-0.2, -0.15) is 0 Å². The topological polar surface area (TPSA) is 0 Å². The fraction of sp³-hybridized carbons (Fsp3) is 0. The van der Waals surface area contributed by atoms with E-state index in [1.807, 2.05) is 0 Å². The number of hydrogen-bond donors (Lipinski definition) is 0. The average Bonchev–Trinajstić information content (AvgIpc) is 3.20. The van der Waals surface area contributed by atoms with Crippen molar-refractivity contribution in [2.45, 2.75) is 0 Å². The zero-order valence-corrected chi connectivity index (χ0v) is 27.5. The molecule has 10 aromatic rings. The Labute approximate surface area is 291 Å². The minimum Gasteiger partial charge on any atom is -0.0622 e. The van der Waals surface area contributed by atoms with Gasteiger partial charge in [-0.05, 0) is 98.4 Å². The van der Waals surface area contributed by atoms with Crippen LogP contribution >= 0.6 is 0 Å². The second-order valence-electron chi connectivity index (χ2n) is 13.2. The second kappa shape index (κ2) is 11.6. The van der Waals surface area contributed by atoms with Gasteiger partial charge in [-0.3, -0.25) is 0 Å². The molecule has 50 heavy (non-hydrogen) atoms. The zero-order valence-electron chi connectivity index (χ0n) is 27.5. The van der Waals surface area contributed by atoms with E-state index in [1.165, 1.54) is 98.4 Å². The highest BCUT2D eigenvalue weighted by Gasteiger charge is 2.27. The molecule has 0 bridgehead atoms. The molecule has 0 aliphatic rings. The normalized spacial score (nSPS) is 11.6. The Morgan fingerprint density at radius 3 is 1.26 bits per heavy atom. The molecule has 0 aromatic heterocycles. The van der Waals surface area contributed by atoms with Crippen LogP contribution in [-0.2, 0) is 0 Å². The molecule has 10 aromatic carbocycles. The summed E-state index contributed by atoms with van der Waals surface area (Å²) >= 11 is 0. The number of rotatable bonds is 4. The molecule has 0 saturated carbocycles. The highest BCUT2D eigenvalue weighted by atomic mass is 14.3. The lowest BCUT2D eigenvalue weighted by molar-refractivity contribution is 1.59. The third kappa shape index (κ3) is 4.39. The lowest BCUT2D eigenvalue weighted by atomic mass is 9.76. The monoisotopic (exact) mass is 632 g/mol. The first kappa shape index (κ1) is 28.5. The van der Waals surface area contributed by atoms with Gasteiger partial charge in [0.05, 0.1) is 0 Å². The molecule has 0 nitrogen and oxygen atoms in total. The fourth-order valence-electron chi connectivity index (χ4n) is 8.30. The largest absolute Gasteiger partial charge is 0.0622 e. The molecule has 0 aliphatic heterocycles. The van der Waals surface area contributed by atoms with Crippen molar-refractivity contribution in [1.82, 2.24) is 0 Å². The van der Waals surface area contributed by atoms with Crippen LogP contribution in [0.3, 0.4) is 0 Å². The van der Waals surface area contributed by atoms with Gasteiger partial charge in [-0.1, -0.05) is 194 Å². The quantitative estimate of drug-likeness (QED) is 0.169. The highest BCUT2D eigenvalue weighted by Crippen LogP contribution is 2.54. The van der Waals surface area contributed by atoms with Crippen LogP contribution < -0.4 is 0 Å². The SMILES string of the molecule is c1ccc(-c2c(-c3cccc4ccccc34)c(-c3cccc4ccccc34)c3ccc4c5ccccc5ccc4c3c2-c2ccccc2)cc1. The van der Waals surface area contributed by atoms with Gasteiger partial charge < -0.3 is 0 Å². The van der Waals surface area contributed by atoms with Crippen molar-refractivity contribution < 1.29 is 0 Å². The molecule has 232 valence electrons. The molecule has 0 fully saturated rings. The summed E-state index contributed by atoms with van der Waals surface area (Å²) < 4.78 is 0. The number of fused-ring (bicyclic) bond motifs is 7. The summed E-state index contributed by atoms with van der Waals surface area (Å²) in [6, 6.07) is 71.5. The number of benzene rings is 10. The average molecular weight is 633 g/mol. The molecular weight excluding hydrogens is 601 g/mol. The van der Waals surface area contributed by atoms with Crippen LogP contribution in [0.1, 0.15) is 0 Å². The molecule has 0 radical (unpaired) electrons. The molecule has 0 aliphatic carbocycles. The summed E-state index contributed by atoms with van der Waals surface area (Å²) in [6.07, 6.45) is 0. The van der Waals surface area contributed by atoms with Crippen LogP contribution in [0.15, 0.2) is 194 Å². The summed E-state index contributed by atoms with van der Waals surface area (Å²) in [5.41, 5.74) is 9.94. The van der Waals surface area contributed by atoms with E-state index in [4.69, 9.17) is 0 Å². The van der Waals surface area contributed by atoms with Gasteiger partial charge in [0, 0.05) is 0 Å². The van der Waals surface area contributed by atoms with Crippen LogP contribution in [-0.4, -0.2) is 0 Å². The minimum atomic E-state index is 1.20. The van der Waals surface area contributed by atoms with Crippen LogP contribution in [0.2, 0.25) is 0 Å². The van der Waals surface area contributed by atoms with E-state index in [2.05, 4.69) is 194 Å². The van der Waals surface area contributed by atoms with E-state index in [9.17, 15) is 0 Å². The Morgan fingerprint density at radius 2 is 0.640 bits per heavy atom. The van der Waals surface area contributed by atoms with Crippen molar-refractivity contribution in [3.8, 4) is 44.5 Å². The molecular formula is C50H32. The lowest BCUT2D eigenvalue weighted by Gasteiger charge is -2.26. The molecule has 0 atom stereocenters.